The van der Waals surface area contributed by atoms with Crippen LogP contribution in [0.3, 0.4) is 0 Å². The van der Waals surface area contributed by atoms with Crippen LogP contribution in [0.5, 0.6) is 5.75 Å². The van der Waals surface area contributed by atoms with Crippen molar-refractivity contribution in [2.75, 3.05) is 54.4 Å². The predicted octanol–water partition coefficient (Wildman–Crippen LogP) is 1.50. The van der Waals surface area contributed by atoms with E-state index in [1.165, 1.54) is 0 Å². The topological polar surface area (TPSA) is 76.1 Å². The molecular weight excluding hydrogens is 344 g/mol. The van der Waals surface area contributed by atoms with Crippen molar-refractivity contribution in [1.82, 2.24) is 4.90 Å². The molecule has 0 unspecified atom stereocenters. The third-order valence-corrected chi connectivity index (χ3v) is 5.03. The molecule has 0 saturated carbocycles. The lowest BCUT2D eigenvalue weighted by Crippen LogP contribution is -2.52. The molecule has 0 aromatic heterocycles. The quantitative estimate of drug-likeness (QED) is 0.861. The van der Waals surface area contributed by atoms with E-state index in [-0.39, 0.29) is 30.7 Å². The number of hydrogen-bond acceptors (Lipinski definition) is 5. The van der Waals surface area contributed by atoms with Crippen molar-refractivity contribution in [1.29, 1.82) is 0 Å². The van der Waals surface area contributed by atoms with Crippen molar-refractivity contribution in [2.45, 2.75) is 0 Å². The lowest BCUT2D eigenvalue weighted by Gasteiger charge is -2.37. The first-order valence-electron chi connectivity index (χ1n) is 9.06. The number of phenolic OH excluding ortho intramolecular Hbond substituents is 1. The van der Waals surface area contributed by atoms with Crippen LogP contribution < -0.4 is 15.1 Å². The minimum atomic E-state index is -0.175. The van der Waals surface area contributed by atoms with Crippen LogP contribution in [-0.2, 0) is 9.59 Å². The van der Waals surface area contributed by atoms with Gasteiger partial charge in [0.1, 0.15) is 12.3 Å². The van der Waals surface area contributed by atoms with Gasteiger partial charge in [-0.25, -0.2) is 0 Å². The fraction of sp³-hybridized carbons (Fsp3) is 0.300. The first-order valence-corrected chi connectivity index (χ1v) is 9.06. The second-order valence-electron chi connectivity index (χ2n) is 6.80. The van der Waals surface area contributed by atoms with Gasteiger partial charge in [-0.15, -0.1) is 0 Å². The van der Waals surface area contributed by atoms with Crippen LogP contribution in [0.4, 0.5) is 17.1 Å². The molecule has 0 bridgehead atoms. The van der Waals surface area contributed by atoms with E-state index >= 15 is 0 Å². The zero-order valence-corrected chi connectivity index (χ0v) is 15.0. The monoisotopic (exact) mass is 366 g/mol. The molecule has 7 heteroatoms. The SMILES string of the molecule is O=C1CN(C(=O)CN2CCN(c3ccccc3O)CC2)c2ccccc2N1. The number of hydrogen-bond donors (Lipinski definition) is 2. The summed E-state index contributed by atoms with van der Waals surface area (Å²) in [6, 6.07) is 14.7. The third-order valence-electron chi connectivity index (χ3n) is 5.03. The van der Waals surface area contributed by atoms with Gasteiger partial charge in [0.2, 0.25) is 11.8 Å². The summed E-state index contributed by atoms with van der Waals surface area (Å²) in [4.78, 5) is 30.5. The second-order valence-corrected chi connectivity index (χ2v) is 6.80. The summed E-state index contributed by atoms with van der Waals surface area (Å²) in [5.74, 6) is 0.0256. The summed E-state index contributed by atoms with van der Waals surface area (Å²) in [6.45, 7) is 3.25. The average Bonchev–Trinajstić information content (AvgIpc) is 2.68. The van der Waals surface area contributed by atoms with Gasteiger partial charge in [0.25, 0.3) is 0 Å². The van der Waals surface area contributed by atoms with Gasteiger partial charge < -0.3 is 15.3 Å². The minimum absolute atomic E-state index is 0.0493. The molecule has 0 aliphatic carbocycles. The molecule has 7 nitrogen and oxygen atoms in total. The fourth-order valence-corrected chi connectivity index (χ4v) is 3.61. The summed E-state index contributed by atoms with van der Waals surface area (Å²) in [5.41, 5.74) is 2.24. The van der Waals surface area contributed by atoms with E-state index < -0.39 is 0 Å². The van der Waals surface area contributed by atoms with E-state index in [1.807, 2.05) is 30.3 Å². The number of amides is 2. The summed E-state index contributed by atoms with van der Waals surface area (Å²) >= 11 is 0. The maximum atomic E-state index is 12.8. The molecule has 0 spiro atoms. The Labute approximate surface area is 157 Å². The van der Waals surface area contributed by atoms with E-state index in [0.717, 1.165) is 37.6 Å². The van der Waals surface area contributed by atoms with Gasteiger partial charge in [0, 0.05) is 26.2 Å². The number of anilines is 3. The van der Waals surface area contributed by atoms with Crippen LogP contribution in [-0.4, -0.2) is 61.1 Å². The molecule has 0 radical (unpaired) electrons. The number of carbonyl (C=O) groups excluding carboxylic acids is 2. The number of para-hydroxylation sites is 4. The molecule has 2 amide bonds. The molecule has 4 rings (SSSR count). The molecule has 2 heterocycles. The molecule has 2 aromatic carbocycles. The molecule has 2 aliphatic heterocycles. The van der Waals surface area contributed by atoms with Gasteiger partial charge in [0.15, 0.2) is 0 Å². The summed E-state index contributed by atoms with van der Waals surface area (Å²) in [6.07, 6.45) is 0. The highest BCUT2D eigenvalue weighted by molar-refractivity contribution is 6.10. The van der Waals surface area contributed by atoms with E-state index in [2.05, 4.69) is 15.1 Å². The number of carbonyl (C=O) groups is 2. The van der Waals surface area contributed by atoms with Crippen molar-refractivity contribution in [3.63, 3.8) is 0 Å². The standard InChI is InChI=1S/C20H22N4O3/c25-18-8-4-3-7-17(18)23-11-9-22(10-12-23)14-20(27)24-13-19(26)21-15-5-1-2-6-16(15)24/h1-8,25H,9-14H2,(H,21,26). The van der Waals surface area contributed by atoms with Crippen LogP contribution in [0.2, 0.25) is 0 Å². The van der Waals surface area contributed by atoms with Crippen LogP contribution in [0.15, 0.2) is 48.5 Å². The van der Waals surface area contributed by atoms with E-state index in [9.17, 15) is 14.7 Å². The van der Waals surface area contributed by atoms with Gasteiger partial charge in [-0.3, -0.25) is 19.4 Å². The maximum absolute atomic E-state index is 12.8. The Kier molecular flexibility index (Phi) is 4.68. The Morgan fingerprint density at radius 3 is 2.37 bits per heavy atom. The number of rotatable bonds is 3. The van der Waals surface area contributed by atoms with Gasteiger partial charge in [-0.05, 0) is 24.3 Å². The number of fused-ring (bicyclic) bond motifs is 1. The van der Waals surface area contributed by atoms with Crippen molar-refractivity contribution in [3.8, 4) is 5.75 Å². The van der Waals surface area contributed by atoms with Gasteiger partial charge in [-0.2, -0.15) is 0 Å². The van der Waals surface area contributed by atoms with Gasteiger partial charge >= 0.3 is 0 Å². The zero-order valence-electron chi connectivity index (χ0n) is 15.0. The summed E-state index contributed by atoms with van der Waals surface area (Å²) in [5, 5.41) is 12.8. The van der Waals surface area contributed by atoms with Gasteiger partial charge in [-0.1, -0.05) is 24.3 Å². The molecule has 140 valence electrons. The molecule has 1 fully saturated rings. The van der Waals surface area contributed by atoms with Crippen molar-refractivity contribution in [3.05, 3.63) is 48.5 Å². The fourth-order valence-electron chi connectivity index (χ4n) is 3.61. The average molecular weight is 366 g/mol. The Balaban J connectivity index is 1.39. The summed E-state index contributed by atoms with van der Waals surface area (Å²) < 4.78 is 0. The minimum Gasteiger partial charge on any atom is -0.506 e. The number of nitrogens with zero attached hydrogens (tertiary/aromatic N) is 3. The first-order chi connectivity index (χ1) is 13.1. The van der Waals surface area contributed by atoms with E-state index in [1.54, 1.807) is 23.1 Å². The molecule has 2 aromatic rings. The molecule has 0 atom stereocenters. The Morgan fingerprint density at radius 1 is 0.963 bits per heavy atom. The van der Waals surface area contributed by atoms with Crippen molar-refractivity contribution >= 4 is 28.9 Å². The second kappa shape index (κ2) is 7.28. The van der Waals surface area contributed by atoms with E-state index in [0.29, 0.717) is 5.69 Å². The highest BCUT2D eigenvalue weighted by atomic mass is 16.3. The zero-order chi connectivity index (χ0) is 18.8. The smallest absolute Gasteiger partial charge is 0.244 e. The number of benzene rings is 2. The Morgan fingerprint density at radius 2 is 1.63 bits per heavy atom. The predicted molar refractivity (Wildman–Crippen MR) is 104 cm³/mol. The molecule has 1 saturated heterocycles. The van der Waals surface area contributed by atoms with Crippen molar-refractivity contribution in [2.24, 2.45) is 0 Å². The highest BCUT2D eigenvalue weighted by Gasteiger charge is 2.28. The highest BCUT2D eigenvalue weighted by Crippen LogP contribution is 2.29. The molecule has 27 heavy (non-hydrogen) atoms. The van der Waals surface area contributed by atoms with Crippen LogP contribution >= 0.6 is 0 Å². The third kappa shape index (κ3) is 3.59. The van der Waals surface area contributed by atoms with Gasteiger partial charge in [0.05, 0.1) is 23.6 Å². The van der Waals surface area contributed by atoms with E-state index in [4.69, 9.17) is 0 Å². The lowest BCUT2D eigenvalue weighted by atomic mass is 10.2. The van der Waals surface area contributed by atoms with Crippen LogP contribution in [0.1, 0.15) is 0 Å². The van der Waals surface area contributed by atoms with Crippen molar-refractivity contribution < 1.29 is 14.7 Å². The number of piperazine rings is 1. The first kappa shape index (κ1) is 17.4. The Bertz CT molecular complexity index is 862. The molecular formula is C20H22N4O3. The number of phenols is 1. The largest absolute Gasteiger partial charge is 0.506 e. The van der Waals surface area contributed by atoms with Crippen LogP contribution in [0.25, 0.3) is 0 Å². The molecule has 2 aliphatic rings. The van der Waals surface area contributed by atoms with Crippen LogP contribution in [0, 0.1) is 0 Å². The lowest BCUT2D eigenvalue weighted by molar-refractivity contribution is -0.122. The summed E-state index contributed by atoms with van der Waals surface area (Å²) in [7, 11) is 0. The Hall–Kier alpha value is -3.06. The number of nitrogens with one attached hydrogen (secondary N) is 1. The maximum Gasteiger partial charge on any atom is 0.244 e. The molecule has 2 N–H and O–H groups in total. The normalized spacial score (nSPS) is 17.4. The number of aromatic hydroxyl groups is 1.